The number of amides is 1. The van der Waals surface area contributed by atoms with Crippen molar-refractivity contribution in [1.29, 1.82) is 0 Å². The number of carbonyl (C=O) groups excluding carboxylic acids is 2. The number of nitrogens with zero attached hydrogens (tertiary/aromatic N) is 1. The zero-order valence-corrected chi connectivity index (χ0v) is 22.9. The van der Waals surface area contributed by atoms with E-state index in [0.717, 1.165) is 16.7 Å². The van der Waals surface area contributed by atoms with Gasteiger partial charge in [0.05, 0.1) is 25.8 Å². The standard InChI is InChI=1S/C26H41NO5Si/c1-18-21-13-11-12-19(14-15-23(28)30-8)22(21)16-20(17-31-33(9,10)26(5,6)7)27(18)24(29)32-25(2,3)4/h11-15,18,20H,16-17H2,1-10H3/b15-14+/t18-,20+/m0/s1. The van der Waals surface area contributed by atoms with Gasteiger partial charge in [0.25, 0.3) is 0 Å². The minimum Gasteiger partial charge on any atom is -0.466 e. The molecule has 1 aromatic carbocycles. The maximum absolute atomic E-state index is 13.3. The summed E-state index contributed by atoms with van der Waals surface area (Å²) in [4.78, 5) is 26.8. The molecular formula is C26H41NO5Si. The molecule has 7 heteroatoms. The first kappa shape index (κ1) is 27.1. The quantitative estimate of drug-likeness (QED) is 0.292. The van der Waals surface area contributed by atoms with Crippen molar-refractivity contribution in [3.05, 3.63) is 41.0 Å². The lowest BCUT2D eigenvalue weighted by Crippen LogP contribution is -2.52. The van der Waals surface area contributed by atoms with E-state index >= 15 is 0 Å². The second-order valence-corrected chi connectivity index (χ2v) is 16.1. The molecule has 0 aliphatic carbocycles. The molecule has 1 amide bonds. The molecular weight excluding hydrogens is 434 g/mol. The number of methoxy groups -OCH3 is 1. The summed E-state index contributed by atoms with van der Waals surface area (Å²) in [5.41, 5.74) is 2.53. The van der Waals surface area contributed by atoms with Gasteiger partial charge < -0.3 is 13.9 Å². The van der Waals surface area contributed by atoms with Gasteiger partial charge in [-0.15, -0.1) is 0 Å². The first-order valence-corrected chi connectivity index (χ1v) is 14.5. The Morgan fingerprint density at radius 2 is 1.79 bits per heavy atom. The van der Waals surface area contributed by atoms with E-state index in [1.54, 1.807) is 6.08 Å². The van der Waals surface area contributed by atoms with Crippen LogP contribution in [0.3, 0.4) is 0 Å². The van der Waals surface area contributed by atoms with Crippen LogP contribution in [0, 0.1) is 0 Å². The largest absolute Gasteiger partial charge is 0.466 e. The third-order valence-electron chi connectivity index (χ3n) is 6.60. The van der Waals surface area contributed by atoms with Crippen molar-refractivity contribution in [2.45, 2.75) is 90.7 Å². The van der Waals surface area contributed by atoms with Crippen molar-refractivity contribution in [2.24, 2.45) is 0 Å². The smallest absolute Gasteiger partial charge is 0.411 e. The molecule has 0 aromatic heterocycles. The molecule has 1 aliphatic rings. The van der Waals surface area contributed by atoms with Gasteiger partial charge in [-0.2, -0.15) is 0 Å². The Hall–Kier alpha value is -2.12. The van der Waals surface area contributed by atoms with Crippen LogP contribution in [-0.2, 0) is 25.1 Å². The van der Waals surface area contributed by atoms with Crippen molar-refractivity contribution in [3.63, 3.8) is 0 Å². The second kappa shape index (κ2) is 10.0. The fraction of sp³-hybridized carbons (Fsp3) is 0.615. The van der Waals surface area contributed by atoms with Gasteiger partial charge in [-0.3, -0.25) is 4.90 Å². The minimum atomic E-state index is -2.02. The fourth-order valence-corrected chi connectivity index (χ4v) is 4.76. The molecule has 6 nitrogen and oxygen atoms in total. The second-order valence-electron chi connectivity index (χ2n) is 11.3. The monoisotopic (exact) mass is 475 g/mol. The van der Waals surface area contributed by atoms with Crippen molar-refractivity contribution in [1.82, 2.24) is 4.90 Å². The van der Waals surface area contributed by atoms with Crippen molar-refractivity contribution in [3.8, 4) is 0 Å². The predicted molar refractivity (Wildman–Crippen MR) is 135 cm³/mol. The molecule has 0 radical (unpaired) electrons. The van der Waals surface area contributed by atoms with Gasteiger partial charge in [0.2, 0.25) is 0 Å². The molecule has 1 aromatic rings. The number of esters is 1. The molecule has 2 atom stereocenters. The van der Waals surface area contributed by atoms with E-state index < -0.39 is 19.9 Å². The zero-order chi connectivity index (χ0) is 25.2. The number of carbonyl (C=O) groups is 2. The molecule has 0 N–H and O–H groups in total. The van der Waals surface area contributed by atoms with Crippen molar-refractivity contribution in [2.75, 3.05) is 13.7 Å². The van der Waals surface area contributed by atoms with Crippen LogP contribution >= 0.6 is 0 Å². The minimum absolute atomic E-state index is 0.0658. The number of benzene rings is 1. The summed E-state index contributed by atoms with van der Waals surface area (Å²) in [6, 6.07) is 5.61. The third-order valence-corrected chi connectivity index (χ3v) is 11.1. The molecule has 0 saturated heterocycles. The number of hydrogen-bond donors (Lipinski definition) is 0. The Morgan fingerprint density at radius 1 is 1.15 bits per heavy atom. The Morgan fingerprint density at radius 3 is 2.33 bits per heavy atom. The van der Waals surface area contributed by atoms with E-state index in [9.17, 15) is 9.59 Å². The molecule has 184 valence electrons. The fourth-order valence-electron chi connectivity index (χ4n) is 3.71. The summed E-state index contributed by atoms with van der Waals surface area (Å²) in [7, 11) is -0.653. The van der Waals surface area contributed by atoms with Crippen molar-refractivity contribution >= 4 is 26.5 Å². The Balaban J connectivity index is 2.46. The highest BCUT2D eigenvalue weighted by atomic mass is 28.4. The molecule has 2 rings (SSSR count). The van der Waals surface area contributed by atoms with E-state index in [1.165, 1.54) is 13.2 Å². The van der Waals surface area contributed by atoms with Crippen LogP contribution < -0.4 is 0 Å². The lowest BCUT2D eigenvalue weighted by Gasteiger charge is -2.44. The highest BCUT2D eigenvalue weighted by molar-refractivity contribution is 6.74. The molecule has 0 bridgehead atoms. The summed E-state index contributed by atoms with van der Waals surface area (Å²) in [6.07, 6.45) is 3.50. The average Bonchev–Trinajstić information content (AvgIpc) is 2.68. The van der Waals surface area contributed by atoms with Gasteiger partial charge in [-0.25, -0.2) is 9.59 Å². The first-order chi connectivity index (χ1) is 15.1. The Labute approximate surface area is 200 Å². The topological polar surface area (TPSA) is 65.1 Å². The molecule has 0 unspecified atom stereocenters. The summed E-state index contributed by atoms with van der Waals surface area (Å²) in [5, 5.41) is 0.0658. The Bertz CT molecular complexity index is 895. The maximum atomic E-state index is 13.3. The van der Waals surface area contributed by atoms with Gasteiger partial charge in [0.15, 0.2) is 8.32 Å². The number of rotatable bonds is 5. The van der Waals surface area contributed by atoms with E-state index in [1.807, 2.05) is 50.8 Å². The van der Waals surface area contributed by atoms with Gasteiger partial charge >= 0.3 is 12.1 Å². The number of ether oxygens (including phenoxy) is 2. The highest BCUT2D eigenvalue weighted by Crippen LogP contribution is 2.39. The van der Waals surface area contributed by atoms with Gasteiger partial charge in [-0.05, 0) is 75.0 Å². The van der Waals surface area contributed by atoms with Crippen LogP contribution in [0.1, 0.15) is 71.2 Å². The molecule has 0 saturated carbocycles. The molecule has 1 aliphatic heterocycles. The van der Waals surface area contributed by atoms with Crippen LogP contribution in [0.15, 0.2) is 24.3 Å². The van der Waals surface area contributed by atoms with E-state index in [0.29, 0.717) is 13.0 Å². The van der Waals surface area contributed by atoms with E-state index in [-0.39, 0.29) is 23.2 Å². The van der Waals surface area contributed by atoms with E-state index in [2.05, 4.69) is 33.9 Å². The van der Waals surface area contributed by atoms with E-state index in [4.69, 9.17) is 13.9 Å². The van der Waals surface area contributed by atoms with Crippen LogP contribution in [-0.4, -0.2) is 50.6 Å². The highest BCUT2D eigenvalue weighted by Gasteiger charge is 2.42. The maximum Gasteiger partial charge on any atom is 0.411 e. The lowest BCUT2D eigenvalue weighted by molar-refractivity contribution is -0.134. The summed E-state index contributed by atoms with van der Waals surface area (Å²) in [5.74, 6) is -0.398. The summed E-state index contributed by atoms with van der Waals surface area (Å²) < 4.78 is 17.1. The van der Waals surface area contributed by atoms with Gasteiger partial charge in [0.1, 0.15) is 5.60 Å². The lowest BCUT2D eigenvalue weighted by atomic mass is 9.86. The zero-order valence-electron chi connectivity index (χ0n) is 21.9. The molecule has 1 heterocycles. The molecule has 0 spiro atoms. The molecule has 33 heavy (non-hydrogen) atoms. The Kier molecular flexibility index (Phi) is 8.23. The normalized spacial score (nSPS) is 19.4. The summed E-state index contributed by atoms with van der Waals surface area (Å²) >= 11 is 0. The SMILES string of the molecule is COC(=O)/C=C/c1cccc2c1C[C@H](CO[Si](C)(C)C(C)(C)C)N(C(=O)OC(C)(C)C)[C@H]2C. The molecule has 0 fully saturated rings. The van der Waals surface area contributed by atoms with Gasteiger partial charge in [0, 0.05) is 6.08 Å². The van der Waals surface area contributed by atoms with Crippen LogP contribution in [0.2, 0.25) is 18.1 Å². The van der Waals surface area contributed by atoms with Crippen LogP contribution in [0.25, 0.3) is 6.08 Å². The predicted octanol–water partition coefficient (Wildman–Crippen LogP) is 6.12. The van der Waals surface area contributed by atoms with Crippen molar-refractivity contribution < 1.29 is 23.5 Å². The average molecular weight is 476 g/mol. The first-order valence-electron chi connectivity index (χ1n) is 11.6. The number of fused-ring (bicyclic) bond motifs is 1. The third kappa shape index (κ3) is 6.70. The number of hydrogen-bond acceptors (Lipinski definition) is 5. The van der Waals surface area contributed by atoms with Gasteiger partial charge in [-0.1, -0.05) is 39.0 Å². The van der Waals surface area contributed by atoms with Crippen LogP contribution in [0.4, 0.5) is 4.79 Å². The van der Waals surface area contributed by atoms with Crippen LogP contribution in [0.5, 0.6) is 0 Å². The summed E-state index contributed by atoms with van der Waals surface area (Å²) in [6.45, 7) is 19.2.